The molecular formula is C11H9N5. The average molecular weight is 211 g/mol. The third-order valence-corrected chi connectivity index (χ3v) is 2.39. The van der Waals surface area contributed by atoms with Gasteiger partial charge in [-0.3, -0.25) is 0 Å². The lowest BCUT2D eigenvalue weighted by Crippen LogP contribution is -2.14. The molecule has 1 aliphatic heterocycles. The minimum Gasteiger partial charge on any atom is -0.383 e. The molecule has 1 aromatic heterocycles. The number of rotatable bonds is 0. The molecule has 5 heteroatoms. The zero-order valence-corrected chi connectivity index (χ0v) is 8.38. The van der Waals surface area contributed by atoms with Crippen molar-refractivity contribution in [3.8, 4) is 0 Å². The zero-order valence-electron chi connectivity index (χ0n) is 8.38. The number of nitrogens with two attached hydrogens (primary N) is 1. The van der Waals surface area contributed by atoms with E-state index in [2.05, 4.69) is 20.3 Å². The number of anilines is 2. The second kappa shape index (κ2) is 3.30. The maximum absolute atomic E-state index is 5.89. The van der Waals surface area contributed by atoms with E-state index in [0.717, 1.165) is 16.9 Å². The smallest absolute Gasteiger partial charge is 0.144 e. The molecule has 3 rings (SSSR count). The molecule has 1 aliphatic rings. The van der Waals surface area contributed by atoms with Crippen LogP contribution in [0, 0.1) is 0 Å². The summed E-state index contributed by atoms with van der Waals surface area (Å²) in [6.07, 6.45) is 3.13. The fraction of sp³-hybridized carbons (Fsp3) is 0. The lowest BCUT2D eigenvalue weighted by atomic mass is 10.2. The number of hydrogen-bond donors (Lipinski definition) is 2. The van der Waals surface area contributed by atoms with Crippen LogP contribution >= 0.6 is 0 Å². The van der Waals surface area contributed by atoms with Gasteiger partial charge < -0.3 is 11.1 Å². The van der Waals surface area contributed by atoms with Crippen molar-refractivity contribution in [1.29, 1.82) is 0 Å². The average Bonchev–Trinajstić information content (AvgIpc) is 2.45. The summed E-state index contributed by atoms with van der Waals surface area (Å²) in [6.45, 7) is 0. The Kier molecular flexibility index (Phi) is 1.83. The normalized spacial score (nSPS) is 12.9. The molecular weight excluding hydrogens is 202 g/mol. The molecule has 2 heterocycles. The predicted molar refractivity (Wildman–Crippen MR) is 62.1 cm³/mol. The second-order valence-corrected chi connectivity index (χ2v) is 3.42. The van der Waals surface area contributed by atoms with Crippen LogP contribution in [0.4, 0.5) is 17.2 Å². The standard InChI is InChI=1S/C11H9N5/c12-10-7-5-13-6-14-11(7)16-9-4-2-1-3-8(9)15-10/h1-6H,(H2,12,15)(H,13,14,16). The van der Waals surface area contributed by atoms with Crippen LogP contribution in [0.25, 0.3) is 0 Å². The highest BCUT2D eigenvalue weighted by Gasteiger charge is 2.14. The number of amidine groups is 1. The van der Waals surface area contributed by atoms with E-state index in [-0.39, 0.29) is 0 Å². The first-order valence-corrected chi connectivity index (χ1v) is 4.85. The maximum Gasteiger partial charge on any atom is 0.144 e. The van der Waals surface area contributed by atoms with Gasteiger partial charge in [-0.2, -0.15) is 0 Å². The summed E-state index contributed by atoms with van der Waals surface area (Å²) in [7, 11) is 0. The molecule has 2 aromatic rings. The summed E-state index contributed by atoms with van der Waals surface area (Å²) < 4.78 is 0. The second-order valence-electron chi connectivity index (χ2n) is 3.42. The maximum atomic E-state index is 5.89. The van der Waals surface area contributed by atoms with Gasteiger partial charge in [-0.1, -0.05) is 12.1 Å². The number of aromatic nitrogens is 2. The fourth-order valence-corrected chi connectivity index (χ4v) is 1.61. The van der Waals surface area contributed by atoms with E-state index >= 15 is 0 Å². The molecule has 0 unspecified atom stereocenters. The molecule has 16 heavy (non-hydrogen) atoms. The largest absolute Gasteiger partial charge is 0.383 e. The minimum atomic E-state index is 0.424. The van der Waals surface area contributed by atoms with Crippen molar-refractivity contribution >= 4 is 23.0 Å². The lowest BCUT2D eigenvalue weighted by Gasteiger charge is -2.06. The lowest BCUT2D eigenvalue weighted by molar-refractivity contribution is 1.16. The number of aliphatic imine (C=N–C) groups is 1. The quantitative estimate of drug-likeness (QED) is 0.693. The van der Waals surface area contributed by atoms with Gasteiger partial charge in [0.15, 0.2) is 0 Å². The summed E-state index contributed by atoms with van der Waals surface area (Å²) >= 11 is 0. The van der Waals surface area contributed by atoms with Crippen molar-refractivity contribution in [2.24, 2.45) is 10.7 Å². The summed E-state index contributed by atoms with van der Waals surface area (Å²) in [5.74, 6) is 1.11. The molecule has 0 fully saturated rings. The van der Waals surface area contributed by atoms with Gasteiger partial charge in [0.05, 0.1) is 16.9 Å². The Labute approximate surface area is 92.1 Å². The fourth-order valence-electron chi connectivity index (χ4n) is 1.61. The molecule has 78 valence electrons. The topological polar surface area (TPSA) is 76.2 Å². The first-order chi connectivity index (χ1) is 7.84. The highest BCUT2D eigenvalue weighted by molar-refractivity contribution is 6.05. The number of nitrogens with zero attached hydrogens (tertiary/aromatic N) is 3. The van der Waals surface area contributed by atoms with Gasteiger partial charge in [0.1, 0.15) is 18.0 Å². The van der Waals surface area contributed by atoms with Gasteiger partial charge >= 0.3 is 0 Å². The minimum absolute atomic E-state index is 0.424. The van der Waals surface area contributed by atoms with Crippen LogP contribution < -0.4 is 11.1 Å². The van der Waals surface area contributed by atoms with E-state index in [1.54, 1.807) is 6.20 Å². The summed E-state index contributed by atoms with van der Waals surface area (Å²) in [5, 5.41) is 3.19. The van der Waals surface area contributed by atoms with E-state index in [1.165, 1.54) is 6.33 Å². The van der Waals surface area contributed by atoms with E-state index in [9.17, 15) is 0 Å². The molecule has 0 saturated heterocycles. The van der Waals surface area contributed by atoms with Crippen molar-refractivity contribution in [3.05, 3.63) is 42.4 Å². The molecule has 0 aliphatic carbocycles. The predicted octanol–water partition coefficient (Wildman–Crippen LogP) is 1.57. The number of fused-ring (bicyclic) bond motifs is 2. The molecule has 3 N–H and O–H groups in total. The number of hydrogen-bond acceptors (Lipinski definition) is 5. The molecule has 0 atom stereocenters. The van der Waals surface area contributed by atoms with Gasteiger partial charge in [0.2, 0.25) is 0 Å². The number of benzene rings is 1. The monoisotopic (exact) mass is 211 g/mol. The molecule has 0 radical (unpaired) electrons. The van der Waals surface area contributed by atoms with Crippen molar-refractivity contribution in [2.45, 2.75) is 0 Å². The molecule has 0 amide bonds. The van der Waals surface area contributed by atoms with Crippen molar-refractivity contribution in [1.82, 2.24) is 9.97 Å². The van der Waals surface area contributed by atoms with Crippen molar-refractivity contribution in [3.63, 3.8) is 0 Å². The Morgan fingerprint density at radius 3 is 3.00 bits per heavy atom. The Balaban J connectivity index is 2.25. The van der Waals surface area contributed by atoms with Crippen LogP contribution in [-0.4, -0.2) is 15.8 Å². The molecule has 0 spiro atoms. The third kappa shape index (κ3) is 1.30. The summed E-state index contributed by atoms with van der Waals surface area (Å²) in [4.78, 5) is 12.4. The van der Waals surface area contributed by atoms with Crippen LogP contribution in [0.1, 0.15) is 5.56 Å². The molecule has 0 saturated carbocycles. The van der Waals surface area contributed by atoms with E-state index in [1.807, 2.05) is 24.3 Å². The van der Waals surface area contributed by atoms with Crippen molar-refractivity contribution < 1.29 is 0 Å². The van der Waals surface area contributed by atoms with Crippen LogP contribution in [-0.2, 0) is 0 Å². The van der Waals surface area contributed by atoms with E-state index < -0.39 is 0 Å². The van der Waals surface area contributed by atoms with Crippen LogP contribution in [0.5, 0.6) is 0 Å². The number of para-hydroxylation sites is 2. The SMILES string of the molecule is NC1=Nc2ccccc2Nc2ncncc21. The first kappa shape index (κ1) is 8.84. The van der Waals surface area contributed by atoms with E-state index in [0.29, 0.717) is 11.7 Å². The van der Waals surface area contributed by atoms with Crippen LogP contribution in [0.15, 0.2) is 41.8 Å². The van der Waals surface area contributed by atoms with Crippen LogP contribution in [0.2, 0.25) is 0 Å². The highest BCUT2D eigenvalue weighted by atomic mass is 15.1. The highest BCUT2D eigenvalue weighted by Crippen LogP contribution is 2.31. The Bertz CT molecular complexity index is 576. The van der Waals surface area contributed by atoms with Gasteiger partial charge in [-0.25, -0.2) is 15.0 Å². The zero-order chi connectivity index (χ0) is 11.0. The van der Waals surface area contributed by atoms with Gasteiger partial charge in [0, 0.05) is 6.20 Å². The van der Waals surface area contributed by atoms with E-state index in [4.69, 9.17) is 5.73 Å². The Hall–Kier alpha value is -2.43. The van der Waals surface area contributed by atoms with Crippen molar-refractivity contribution in [2.75, 3.05) is 5.32 Å². The third-order valence-electron chi connectivity index (χ3n) is 2.39. The summed E-state index contributed by atoms with van der Waals surface area (Å²) in [6, 6.07) is 7.68. The van der Waals surface area contributed by atoms with Gasteiger partial charge in [-0.15, -0.1) is 0 Å². The Morgan fingerprint density at radius 1 is 1.19 bits per heavy atom. The van der Waals surface area contributed by atoms with Crippen LogP contribution in [0.3, 0.4) is 0 Å². The Morgan fingerprint density at radius 2 is 2.06 bits per heavy atom. The molecule has 1 aromatic carbocycles. The first-order valence-electron chi connectivity index (χ1n) is 4.85. The number of nitrogens with one attached hydrogen (secondary N) is 1. The molecule has 5 nitrogen and oxygen atoms in total. The summed E-state index contributed by atoms with van der Waals surface area (Å²) in [5.41, 5.74) is 8.31. The van der Waals surface area contributed by atoms with Gasteiger partial charge in [-0.05, 0) is 12.1 Å². The van der Waals surface area contributed by atoms with Gasteiger partial charge in [0.25, 0.3) is 0 Å². The molecule has 0 bridgehead atoms.